The normalized spacial score (nSPS) is 20.3. The summed E-state index contributed by atoms with van der Waals surface area (Å²) in [7, 11) is 0. The van der Waals surface area contributed by atoms with Crippen LogP contribution in [0.5, 0.6) is 0 Å². The van der Waals surface area contributed by atoms with Gasteiger partial charge in [-0.2, -0.15) is 0 Å². The molecule has 0 aromatic heterocycles. The van der Waals surface area contributed by atoms with Gasteiger partial charge in [0.05, 0.1) is 0 Å². The second kappa shape index (κ2) is 6.50. The third kappa shape index (κ3) is 3.03. The van der Waals surface area contributed by atoms with Gasteiger partial charge in [-0.05, 0) is 18.8 Å². The Balaban J connectivity index is 3.12. The molecular weight excluding hydrogens is 244 g/mol. The monoisotopic (exact) mass is 266 g/mol. The molecule has 1 rings (SSSR count). The van der Waals surface area contributed by atoms with Crippen molar-refractivity contribution in [1.29, 1.82) is 0 Å². The standard InChI is InChI=1S/C14H22N2O3/c1-4-6-7-9-14(10(3)8-5-2)11(17)15-13(19)16-12(14)18/h7,9-10H,4-6,8H2,1-3H3,(H2,15,16,17,18,19). The Labute approximate surface area is 113 Å². The van der Waals surface area contributed by atoms with Crippen LogP contribution in [0.1, 0.15) is 46.5 Å². The maximum atomic E-state index is 12.2. The quantitative estimate of drug-likeness (QED) is 0.571. The molecule has 0 aliphatic carbocycles. The van der Waals surface area contributed by atoms with Crippen LogP contribution in [-0.4, -0.2) is 17.8 Å². The molecule has 0 aromatic carbocycles. The smallest absolute Gasteiger partial charge is 0.277 e. The molecule has 1 unspecified atom stereocenters. The van der Waals surface area contributed by atoms with Crippen molar-refractivity contribution in [3.63, 3.8) is 0 Å². The Morgan fingerprint density at radius 1 is 1.11 bits per heavy atom. The molecule has 0 bridgehead atoms. The van der Waals surface area contributed by atoms with Gasteiger partial charge in [-0.1, -0.05) is 45.8 Å². The Bertz CT molecular complexity index is 381. The highest BCUT2D eigenvalue weighted by Crippen LogP contribution is 2.35. The van der Waals surface area contributed by atoms with E-state index in [9.17, 15) is 14.4 Å². The summed E-state index contributed by atoms with van der Waals surface area (Å²) >= 11 is 0. The lowest BCUT2D eigenvalue weighted by molar-refractivity contribution is -0.144. The molecule has 0 saturated carbocycles. The topological polar surface area (TPSA) is 75.3 Å². The van der Waals surface area contributed by atoms with E-state index in [0.29, 0.717) is 0 Å². The maximum absolute atomic E-state index is 12.2. The minimum absolute atomic E-state index is 0.154. The number of hydrogen-bond donors (Lipinski definition) is 2. The number of unbranched alkanes of at least 4 members (excludes halogenated alkanes) is 1. The van der Waals surface area contributed by atoms with E-state index >= 15 is 0 Å². The molecule has 5 nitrogen and oxygen atoms in total. The lowest BCUT2D eigenvalue weighted by atomic mass is 9.71. The highest BCUT2D eigenvalue weighted by molar-refractivity contribution is 6.20. The van der Waals surface area contributed by atoms with Crippen molar-refractivity contribution in [1.82, 2.24) is 10.6 Å². The number of carbonyl (C=O) groups is 3. The van der Waals surface area contributed by atoms with E-state index in [1.807, 2.05) is 26.8 Å². The third-order valence-corrected chi connectivity index (χ3v) is 3.54. The Hall–Kier alpha value is -1.65. The van der Waals surface area contributed by atoms with Crippen molar-refractivity contribution in [2.24, 2.45) is 11.3 Å². The van der Waals surface area contributed by atoms with E-state index < -0.39 is 23.3 Å². The second-order valence-corrected chi connectivity index (χ2v) is 4.99. The number of hydrogen-bond acceptors (Lipinski definition) is 3. The van der Waals surface area contributed by atoms with Gasteiger partial charge in [-0.15, -0.1) is 0 Å². The minimum atomic E-state index is -1.26. The van der Waals surface area contributed by atoms with Crippen LogP contribution < -0.4 is 10.6 Å². The van der Waals surface area contributed by atoms with Crippen molar-refractivity contribution >= 4 is 17.8 Å². The molecule has 106 valence electrons. The maximum Gasteiger partial charge on any atom is 0.328 e. The van der Waals surface area contributed by atoms with Gasteiger partial charge in [0.15, 0.2) is 0 Å². The zero-order valence-electron chi connectivity index (χ0n) is 11.8. The number of amides is 4. The molecule has 0 spiro atoms. The van der Waals surface area contributed by atoms with Crippen LogP contribution in [0, 0.1) is 11.3 Å². The van der Waals surface area contributed by atoms with E-state index in [-0.39, 0.29) is 5.92 Å². The highest BCUT2D eigenvalue weighted by atomic mass is 16.2. The molecule has 1 aliphatic rings. The van der Waals surface area contributed by atoms with E-state index in [1.165, 1.54) is 0 Å². The number of barbiturate groups is 1. The molecule has 1 heterocycles. The molecule has 4 amide bonds. The van der Waals surface area contributed by atoms with E-state index in [1.54, 1.807) is 6.08 Å². The summed E-state index contributed by atoms with van der Waals surface area (Å²) in [6.07, 6.45) is 6.87. The average Bonchev–Trinajstić information content (AvgIpc) is 2.33. The van der Waals surface area contributed by atoms with Crippen LogP contribution in [0.3, 0.4) is 0 Å². The summed E-state index contributed by atoms with van der Waals surface area (Å²) in [5.41, 5.74) is -1.26. The number of imide groups is 2. The summed E-state index contributed by atoms with van der Waals surface area (Å²) < 4.78 is 0. The fraction of sp³-hybridized carbons (Fsp3) is 0.643. The van der Waals surface area contributed by atoms with Crippen molar-refractivity contribution in [2.45, 2.75) is 46.5 Å². The molecule has 1 aliphatic heterocycles. The number of rotatable bonds is 6. The van der Waals surface area contributed by atoms with Crippen LogP contribution in [-0.2, 0) is 9.59 Å². The fourth-order valence-electron chi connectivity index (χ4n) is 2.41. The predicted octanol–water partition coefficient (Wildman–Crippen LogP) is 2.13. The van der Waals surface area contributed by atoms with Gasteiger partial charge >= 0.3 is 6.03 Å². The van der Waals surface area contributed by atoms with E-state index in [2.05, 4.69) is 10.6 Å². The van der Waals surface area contributed by atoms with Crippen LogP contribution in [0.2, 0.25) is 0 Å². The first-order valence-electron chi connectivity index (χ1n) is 6.83. The minimum Gasteiger partial charge on any atom is -0.277 e. The van der Waals surface area contributed by atoms with Crippen molar-refractivity contribution in [3.8, 4) is 0 Å². The highest BCUT2D eigenvalue weighted by Gasteiger charge is 2.51. The third-order valence-electron chi connectivity index (χ3n) is 3.54. The van der Waals surface area contributed by atoms with Crippen LogP contribution in [0.4, 0.5) is 4.79 Å². The summed E-state index contributed by atoms with van der Waals surface area (Å²) in [5, 5.41) is 4.41. The number of urea groups is 1. The van der Waals surface area contributed by atoms with Gasteiger partial charge in [-0.25, -0.2) is 4.79 Å². The zero-order chi connectivity index (χ0) is 14.5. The van der Waals surface area contributed by atoms with Crippen molar-refractivity contribution in [3.05, 3.63) is 12.2 Å². The zero-order valence-corrected chi connectivity index (χ0v) is 11.8. The molecule has 5 heteroatoms. The van der Waals surface area contributed by atoms with Gasteiger partial charge in [0.2, 0.25) is 11.8 Å². The van der Waals surface area contributed by atoms with Crippen LogP contribution in [0.15, 0.2) is 12.2 Å². The number of carbonyl (C=O) groups excluding carboxylic acids is 3. The van der Waals surface area contributed by atoms with Crippen molar-refractivity contribution in [2.75, 3.05) is 0 Å². The summed E-state index contributed by atoms with van der Waals surface area (Å²) in [6.45, 7) is 5.90. The number of allylic oxidation sites excluding steroid dienone is 1. The first-order valence-corrected chi connectivity index (χ1v) is 6.83. The molecule has 2 N–H and O–H groups in total. The van der Waals surface area contributed by atoms with Crippen LogP contribution >= 0.6 is 0 Å². The predicted molar refractivity (Wildman–Crippen MR) is 72.2 cm³/mol. The first-order chi connectivity index (χ1) is 8.98. The molecule has 1 saturated heterocycles. The van der Waals surface area contributed by atoms with Gasteiger partial charge in [0.1, 0.15) is 5.41 Å². The van der Waals surface area contributed by atoms with Gasteiger partial charge in [0.25, 0.3) is 0 Å². The Morgan fingerprint density at radius 3 is 2.16 bits per heavy atom. The van der Waals surface area contributed by atoms with E-state index in [4.69, 9.17) is 0 Å². The molecule has 0 aromatic rings. The summed E-state index contributed by atoms with van der Waals surface area (Å²) in [6, 6.07) is -0.738. The second-order valence-electron chi connectivity index (χ2n) is 4.99. The van der Waals surface area contributed by atoms with E-state index in [0.717, 1.165) is 25.7 Å². The molecular formula is C14H22N2O3. The van der Waals surface area contributed by atoms with Gasteiger partial charge in [0, 0.05) is 0 Å². The Kier molecular flexibility index (Phi) is 5.27. The van der Waals surface area contributed by atoms with Crippen LogP contribution in [0.25, 0.3) is 0 Å². The molecule has 1 atom stereocenters. The molecule has 19 heavy (non-hydrogen) atoms. The fourth-order valence-corrected chi connectivity index (χ4v) is 2.41. The molecule has 0 radical (unpaired) electrons. The average molecular weight is 266 g/mol. The SMILES string of the molecule is CCCC=CC1(C(C)CCC)C(=O)NC(=O)NC1=O. The Morgan fingerprint density at radius 2 is 1.68 bits per heavy atom. The largest absolute Gasteiger partial charge is 0.328 e. The lowest BCUT2D eigenvalue weighted by Crippen LogP contribution is -2.63. The lowest BCUT2D eigenvalue weighted by Gasteiger charge is -2.36. The van der Waals surface area contributed by atoms with Gasteiger partial charge < -0.3 is 0 Å². The first kappa shape index (κ1) is 15.4. The van der Waals surface area contributed by atoms with Gasteiger partial charge in [-0.3, -0.25) is 20.2 Å². The molecule has 1 fully saturated rings. The summed E-state index contributed by atoms with van der Waals surface area (Å²) in [4.78, 5) is 35.6. The summed E-state index contributed by atoms with van der Waals surface area (Å²) in [5.74, 6) is -1.19. The van der Waals surface area contributed by atoms with Crippen molar-refractivity contribution < 1.29 is 14.4 Å². The number of nitrogens with one attached hydrogen (secondary N) is 2.